The Kier molecular flexibility index (Phi) is 2.27. The topological polar surface area (TPSA) is 44.5 Å². The van der Waals surface area contributed by atoms with E-state index in [1.165, 1.54) is 0 Å². The molecule has 1 fully saturated rings. The monoisotopic (exact) mass is 117 g/mol. The van der Waals surface area contributed by atoms with Gasteiger partial charge in [0.1, 0.15) is 0 Å². The van der Waals surface area contributed by atoms with Gasteiger partial charge in [0.2, 0.25) is 0 Å². The van der Waals surface area contributed by atoms with E-state index >= 15 is 0 Å². The Balaban J connectivity index is 2.06. The van der Waals surface area contributed by atoms with E-state index in [1.54, 1.807) is 0 Å². The van der Waals surface area contributed by atoms with Crippen LogP contribution < -0.4 is 5.90 Å². The van der Waals surface area contributed by atoms with Crippen LogP contribution in [-0.2, 0) is 9.57 Å². The fourth-order valence-electron chi connectivity index (χ4n) is 0.883. The maximum Gasteiger partial charge on any atom is 0.0941 e. The highest BCUT2D eigenvalue weighted by molar-refractivity contribution is 4.62. The van der Waals surface area contributed by atoms with Crippen LogP contribution in [0.2, 0.25) is 0 Å². The lowest BCUT2D eigenvalue weighted by atomic mass is 10.2. The smallest absolute Gasteiger partial charge is 0.0941 e. The van der Waals surface area contributed by atoms with Crippen LogP contribution in [-0.4, -0.2) is 19.3 Å². The van der Waals surface area contributed by atoms with Crippen LogP contribution >= 0.6 is 0 Å². The zero-order valence-electron chi connectivity index (χ0n) is 4.80. The number of hydrogen-bond acceptors (Lipinski definition) is 3. The fraction of sp³-hybridized carbons (Fsp3) is 1.00. The van der Waals surface area contributed by atoms with Crippen molar-refractivity contribution in [3.05, 3.63) is 0 Å². The lowest BCUT2D eigenvalue weighted by Gasteiger charge is -2.04. The van der Waals surface area contributed by atoms with Gasteiger partial charge >= 0.3 is 0 Å². The van der Waals surface area contributed by atoms with Gasteiger partial charge in [0, 0.05) is 6.61 Å². The van der Waals surface area contributed by atoms with Crippen molar-refractivity contribution in [3.8, 4) is 0 Å². The largest absolute Gasteiger partial charge is 0.376 e. The molecule has 1 heterocycles. The van der Waals surface area contributed by atoms with E-state index in [1.807, 2.05) is 0 Å². The minimum Gasteiger partial charge on any atom is -0.376 e. The Morgan fingerprint density at radius 1 is 1.75 bits per heavy atom. The summed E-state index contributed by atoms with van der Waals surface area (Å²) in [5.74, 6) is 4.83. The summed E-state index contributed by atoms with van der Waals surface area (Å²) in [5, 5.41) is 0. The predicted octanol–water partition coefficient (Wildman–Crippen LogP) is 0.0557. The van der Waals surface area contributed by atoms with Crippen molar-refractivity contribution in [2.24, 2.45) is 5.90 Å². The molecule has 0 aromatic rings. The second-order valence-electron chi connectivity index (χ2n) is 1.97. The summed E-state index contributed by atoms with van der Waals surface area (Å²) in [4.78, 5) is 4.40. The third-order valence-corrected chi connectivity index (χ3v) is 1.31. The molecular formula is C5H11NO2. The van der Waals surface area contributed by atoms with Gasteiger partial charge in [-0.1, -0.05) is 0 Å². The van der Waals surface area contributed by atoms with E-state index in [-0.39, 0.29) is 6.10 Å². The third-order valence-electron chi connectivity index (χ3n) is 1.31. The van der Waals surface area contributed by atoms with Crippen molar-refractivity contribution in [3.63, 3.8) is 0 Å². The molecule has 1 aliphatic rings. The summed E-state index contributed by atoms with van der Waals surface area (Å²) in [7, 11) is 0. The Morgan fingerprint density at radius 2 is 2.62 bits per heavy atom. The highest BCUT2D eigenvalue weighted by atomic mass is 16.6. The van der Waals surface area contributed by atoms with Crippen molar-refractivity contribution in [1.29, 1.82) is 0 Å². The third kappa shape index (κ3) is 1.43. The van der Waals surface area contributed by atoms with Gasteiger partial charge in [-0.2, -0.15) is 0 Å². The van der Waals surface area contributed by atoms with Gasteiger partial charge in [0.15, 0.2) is 0 Å². The fourth-order valence-corrected chi connectivity index (χ4v) is 0.883. The zero-order valence-corrected chi connectivity index (χ0v) is 4.80. The number of hydrogen-bond donors (Lipinski definition) is 1. The Bertz CT molecular complexity index is 61.4. The number of nitrogens with two attached hydrogens (primary N) is 1. The molecule has 2 N–H and O–H groups in total. The van der Waals surface area contributed by atoms with Crippen LogP contribution in [0.4, 0.5) is 0 Å². The Labute approximate surface area is 48.7 Å². The minimum atomic E-state index is 0.264. The van der Waals surface area contributed by atoms with Crippen molar-refractivity contribution < 1.29 is 9.57 Å². The summed E-state index contributed by atoms with van der Waals surface area (Å²) in [5.41, 5.74) is 0. The molecule has 1 saturated heterocycles. The summed E-state index contributed by atoms with van der Waals surface area (Å²) >= 11 is 0. The molecule has 0 aliphatic carbocycles. The SMILES string of the molecule is NOCC1CCCO1. The van der Waals surface area contributed by atoms with Gasteiger partial charge in [0.25, 0.3) is 0 Å². The molecule has 48 valence electrons. The molecule has 0 radical (unpaired) electrons. The average molecular weight is 117 g/mol. The van der Waals surface area contributed by atoms with Gasteiger partial charge in [-0.05, 0) is 12.8 Å². The second-order valence-corrected chi connectivity index (χ2v) is 1.97. The number of rotatable bonds is 2. The molecular weight excluding hydrogens is 106 g/mol. The van der Waals surface area contributed by atoms with E-state index in [0.29, 0.717) is 6.61 Å². The van der Waals surface area contributed by atoms with Gasteiger partial charge < -0.3 is 9.57 Å². The minimum absolute atomic E-state index is 0.264. The van der Waals surface area contributed by atoms with Gasteiger partial charge in [-0.15, -0.1) is 0 Å². The standard InChI is InChI=1S/C5H11NO2/c6-8-4-5-2-1-3-7-5/h5H,1-4,6H2. The molecule has 1 rings (SSSR count). The van der Waals surface area contributed by atoms with E-state index in [0.717, 1.165) is 19.4 Å². The zero-order chi connectivity index (χ0) is 5.82. The molecule has 1 aliphatic heterocycles. The number of ether oxygens (including phenoxy) is 1. The first kappa shape index (κ1) is 6.01. The van der Waals surface area contributed by atoms with Gasteiger partial charge in [-0.25, -0.2) is 5.90 Å². The van der Waals surface area contributed by atoms with Crippen molar-refractivity contribution in [2.75, 3.05) is 13.2 Å². The summed E-state index contributed by atoms with van der Waals surface area (Å²) in [6, 6.07) is 0. The molecule has 0 saturated carbocycles. The molecule has 0 spiro atoms. The molecule has 0 aromatic carbocycles. The molecule has 8 heavy (non-hydrogen) atoms. The first-order chi connectivity index (χ1) is 3.93. The molecule has 0 aromatic heterocycles. The predicted molar refractivity (Wildman–Crippen MR) is 29.1 cm³/mol. The van der Waals surface area contributed by atoms with Crippen molar-refractivity contribution in [2.45, 2.75) is 18.9 Å². The van der Waals surface area contributed by atoms with E-state index in [9.17, 15) is 0 Å². The first-order valence-corrected chi connectivity index (χ1v) is 2.87. The Morgan fingerprint density at radius 3 is 3.12 bits per heavy atom. The molecule has 3 heteroatoms. The van der Waals surface area contributed by atoms with Crippen LogP contribution in [0.25, 0.3) is 0 Å². The average Bonchev–Trinajstić information content (AvgIpc) is 2.19. The molecule has 0 amide bonds. The highest BCUT2D eigenvalue weighted by Crippen LogP contribution is 2.10. The van der Waals surface area contributed by atoms with Gasteiger partial charge in [0.05, 0.1) is 12.7 Å². The van der Waals surface area contributed by atoms with Crippen molar-refractivity contribution in [1.82, 2.24) is 0 Å². The lowest BCUT2D eigenvalue weighted by molar-refractivity contribution is 0.0168. The highest BCUT2D eigenvalue weighted by Gasteiger charge is 2.14. The van der Waals surface area contributed by atoms with Crippen molar-refractivity contribution >= 4 is 0 Å². The molecule has 0 bridgehead atoms. The van der Waals surface area contributed by atoms with E-state index in [2.05, 4.69) is 4.84 Å². The van der Waals surface area contributed by atoms with Crippen LogP contribution in [0.3, 0.4) is 0 Å². The van der Waals surface area contributed by atoms with Gasteiger partial charge in [-0.3, -0.25) is 0 Å². The van der Waals surface area contributed by atoms with Crippen LogP contribution in [0.5, 0.6) is 0 Å². The summed E-state index contributed by atoms with van der Waals surface area (Å²) in [6.07, 6.45) is 2.51. The molecule has 3 nitrogen and oxygen atoms in total. The second kappa shape index (κ2) is 3.02. The summed E-state index contributed by atoms with van der Waals surface area (Å²) in [6.45, 7) is 1.41. The lowest BCUT2D eigenvalue weighted by Crippen LogP contribution is -2.16. The van der Waals surface area contributed by atoms with E-state index in [4.69, 9.17) is 10.6 Å². The van der Waals surface area contributed by atoms with Crippen LogP contribution in [0.1, 0.15) is 12.8 Å². The normalized spacial score (nSPS) is 28.9. The maximum atomic E-state index is 5.19. The van der Waals surface area contributed by atoms with Crippen LogP contribution in [0, 0.1) is 0 Å². The van der Waals surface area contributed by atoms with Crippen LogP contribution in [0.15, 0.2) is 0 Å². The summed E-state index contributed by atoms with van der Waals surface area (Å²) < 4.78 is 5.19. The quantitative estimate of drug-likeness (QED) is 0.520. The first-order valence-electron chi connectivity index (χ1n) is 2.87. The Hall–Kier alpha value is -0.120. The maximum absolute atomic E-state index is 5.19. The molecule has 1 unspecified atom stereocenters. The molecule has 1 atom stereocenters. The van der Waals surface area contributed by atoms with E-state index < -0.39 is 0 Å².